The Morgan fingerprint density at radius 1 is 1.24 bits per heavy atom. The van der Waals surface area contributed by atoms with E-state index in [1.807, 2.05) is 24.3 Å². The standard InChI is InChI=1S/C16H20N2O2S/c1-19-15-6-2-12(3-7-15)9-20-10-14-11-21-16(18-14)8-17-13-4-5-13/h2-3,6-7,11,13,17H,4-5,8-10H2,1H3. The van der Waals surface area contributed by atoms with Crippen molar-refractivity contribution < 1.29 is 9.47 Å². The van der Waals surface area contributed by atoms with Crippen LogP contribution in [0, 0.1) is 0 Å². The van der Waals surface area contributed by atoms with Gasteiger partial charge in [0.05, 0.1) is 26.0 Å². The minimum atomic E-state index is 0.561. The number of benzene rings is 1. The van der Waals surface area contributed by atoms with Crippen LogP contribution in [-0.4, -0.2) is 18.1 Å². The molecule has 1 aromatic carbocycles. The number of hydrogen-bond donors (Lipinski definition) is 1. The third kappa shape index (κ3) is 4.52. The minimum Gasteiger partial charge on any atom is -0.497 e. The van der Waals surface area contributed by atoms with E-state index in [1.54, 1.807) is 18.4 Å². The van der Waals surface area contributed by atoms with Crippen LogP contribution >= 0.6 is 11.3 Å². The highest BCUT2D eigenvalue weighted by Crippen LogP contribution is 2.20. The minimum absolute atomic E-state index is 0.561. The lowest BCUT2D eigenvalue weighted by Gasteiger charge is -2.04. The highest BCUT2D eigenvalue weighted by atomic mass is 32.1. The summed E-state index contributed by atoms with van der Waals surface area (Å²) in [5, 5.41) is 6.70. The van der Waals surface area contributed by atoms with Gasteiger partial charge >= 0.3 is 0 Å². The SMILES string of the molecule is COc1ccc(COCc2csc(CNC3CC3)n2)cc1. The number of methoxy groups -OCH3 is 1. The maximum atomic E-state index is 5.71. The van der Waals surface area contributed by atoms with Crippen molar-refractivity contribution in [3.8, 4) is 5.75 Å². The lowest BCUT2D eigenvalue weighted by Crippen LogP contribution is -2.15. The Kier molecular flexibility index (Phi) is 4.85. The zero-order valence-corrected chi connectivity index (χ0v) is 13.0. The monoisotopic (exact) mass is 304 g/mol. The molecule has 1 heterocycles. The molecule has 5 heteroatoms. The largest absolute Gasteiger partial charge is 0.497 e. The van der Waals surface area contributed by atoms with Gasteiger partial charge in [0.2, 0.25) is 0 Å². The Morgan fingerprint density at radius 3 is 2.76 bits per heavy atom. The lowest BCUT2D eigenvalue weighted by atomic mass is 10.2. The molecule has 1 aliphatic rings. The van der Waals surface area contributed by atoms with Crippen LogP contribution in [0.25, 0.3) is 0 Å². The highest BCUT2D eigenvalue weighted by molar-refractivity contribution is 7.09. The van der Waals surface area contributed by atoms with Gasteiger partial charge < -0.3 is 14.8 Å². The van der Waals surface area contributed by atoms with Crippen LogP contribution in [0.15, 0.2) is 29.6 Å². The van der Waals surface area contributed by atoms with Crippen LogP contribution in [0.3, 0.4) is 0 Å². The second kappa shape index (κ2) is 7.02. The molecule has 4 nitrogen and oxygen atoms in total. The third-order valence-corrected chi connectivity index (χ3v) is 4.29. The van der Waals surface area contributed by atoms with E-state index in [1.165, 1.54) is 12.8 Å². The first-order chi connectivity index (χ1) is 10.3. The average Bonchev–Trinajstić information content (AvgIpc) is 3.25. The Balaban J connectivity index is 1.41. The van der Waals surface area contributed by atoms with Crippen LogP contribution in [0.1, 0.15) is 29.1 Å². The Bertz CT molecular complexity index is 564. The van der Waals surface area contributed by atoms with E-state index in [4.69, 9.17) is 9.47 Å². The number of nitrogens with zero attached hydrogens (tertiary/aromatic N) is 1. The van der Waals surface area contributed by atoms with Crippen LogP contribution in [-0.2, 0) is 24.5 Å². The quantitative estimate of drug-likeness (QED) is 0.814. The fourth-order valence-corrected chi connectivity index (χ4v) is 2.74. The molecule has 112 valence electrons. The smallest absolute Gasteiger partial charge is 0.118 e. The predicted octanol–water partition coefficient (Wildman–Crippen LogP) is 3.12. The molecule has 3 rings (SSSR count). The van der Waals surface area contributed by atoms with E-state index >= 15 is 0 Å². The molecule has 0 bridgehead atoms. The van der Waals surface area contributed by atoms with Gasteiger partial charge in [0.15, 0.2) is 0 Å². The number of hydrogen-bond acceptors (Lipinski definition) is 5. The summed E-state index contributed by atoms with van der Waals surface area (Å²) < 4.78 is 10.8. The number of aromatic nitrogens is 1. The molecule has 1 fully saturated rings. The van der Waals surface area contributed by atoms with E-state index < -0.39 is 0 Å². The molecular weight excluding hydrogens is 284 g/mol. The maximum Gasteiger partial charge on any atom is 0.118 e. The molecule has 1 N–H and O–H groups in total. The molecule has 21 heavy (non-hydrogen) atoms. The molecule has 0 spiro atoms. The Labute approximate surface area is 129 Å². The molecular formula is C16H20N2O2S. The van der Waals surface area contributed by atoms with Crippen molar-refractivity contribution in [2.75, 3.05) is 7.11 Å². The number of rotatable bonds is 8. The Hall–Kier alpha value is -1.43. The molecule has 0 unspecified atom stereocenters. The summed E-state index contributed by atoms with van der Waals surface area (Å²) >= 11 is 1.70. The van der Waals surface area contributed by atoms with Gasteiger partial charge in [0.25, 0.3) is 0 Å². The van der Waals surface area contributed by atoms with Crippen LogP contribution in [0.2, 0.25) is 0 Å². The normalized spacial score (nSPS) is 14.3. The number of ether oxygens (including phenoxy) is 2. The predicted molar refractivity (Wildman–Crippen MR) is 83.5 cm³/mol. The second-order valence-corrected chi connectivity index (χ2v) is 6.17. The molecule has 1 aromatic heterocycles. The average molecular weight is 304 g/mol. The molecule has 0 atom stereocenters. The van der Waals surface area contributed by atoms with Gasteiger partial charge in [-0.25, -0.2) is 4.98 Å². The van der Waals surface area contributed by atoms with E-state index in [2.05, 4.69) is 15.7 Å². The summed E-state index contributed by atoms with van der Waals surface area (Å²) in [5.74, 6) is 0.867. The molecule has 0 saturated heterocycles. The summed E-state index contributed by atoms with van der Waals surface area (Å²) in [5.41, 5.74) is 2.16. The molecule has 0 radical (unpaired) electrons. The summed E-state index contributed by atoms with van der Waals surface area (Å²) in [4.78, 5) is 4.58. The number of nitrogens with one attached hydrogen (secondary N) is 1. The van der Waals surface area contributed by atoms with Crippen molar-refractivity contribution in [1.82, 2.24) is 10.3 Å². The fourth-order valence-electron chi connectivity index (χ4n) is 2.01. The van der Waals surface area contributed by atoms with Gasteiger partial charge in [-0.15, -0.1) is 11.3 Å². The molecule has 1 aliphatic carbocycles. The number of thiazole rings is 1. The van der Waals surface area contributed by atoms with Crippen LogP contribution in [0.4, 0.5) is 0 Å². The van der Waals surface area contributed by atoms with Crippen LogP contribution in [0.5, 0.6) is 5.75 Å². The van der Waals surface area contributed by atoms with Crippen molar-refractivity contribution in [3.05, 3.63) is 45.9 Å². The van der Waals surface area contributed by atoms with Gasteiger partial charge in [-0.05, 0) is 30.5 Å². The first-order valence-electron chi connectivity index (χ1n) is 7.21. The zero-order valence-electron chi connectivity index (χ0n) is 12.2. The van der Waals surface area contributed by atoms with Crippen molar-refractivity contribution in [1.29, 1.82) is 0 Å². The van der Waals surface area contributed by atoms with E-state index in [0.29, 0.717) is 13.2 Å². The highest BCUT2D eigenvalue weighted by Gasteiger charge is 2.20. The lowest BCUT2D eigenvalue weighted by molar-refractivity contribution is 0.105. The van der Waals surface area contributed by atoms with Gasteiger partial charge in [0.1, 0.15) is 10.8 Å². The van der Waals surface area contributed by atoms with E-state index in [9.17, 15) is 0 Å². The first kappa shape index (κ1) is 14.5. The summed E-state index contributed by atoms with van der Waals surface area (Å²) in [6.07, 6.45) is 2.62. The summed E-state index contributed by atoms with van der Waals surface area (Å²) in [6.45, 7) is 2.04. The zero-order chi connectivity index (χ0) is 14.5. The molecule has 0 amide bonds. The van der Waals surface area contributed by atoms with Crippen molar-refractivity contribution in [3.63, 3.8) is 0 Å². The van der Waals surface area contributed by atoms with Gasteiger partial charge in [-0.3, -0.25) is 0 Å². The Morgan fingerprint density at radius 2 is 2.05 bits per heavy atom. The fraction of sp³-hybridized carbons (Fsp3) is 0.438. The topological polar surface area (TPSA) is 43.4 Å². The second-order valence-electron chi connectivity index (χ2n) is 5.23. The first-order valence-corrected chi connectivity index (χ1v) is 8.09. The van der Waals surface area contributed by atoms with Crippen molar-refractivity contribution in [2.45, 2.75) is 38.6 Å². The third-order valence-electron chi connectivity index (χ3n) is 3.40. The van der Waals surface area contributed by atoms with E-state index in [0.717, 1.165) is 34.6 Å². The summed E-state index contributed by atoms with van der Waals surface area (Å²) in [7, 11) is 1.67. The van der Waals surface area contributed by atoms with Crippen molar-refractivity contribution in [2.24, 2.45) is 0 Å². The molecule has 1 saturated carbocycles. The van der Waals surface area contributed by atoms with E-state index in [-0.39, 0.29) is 0 Å². The maximum absolute atomic E-state index is 5.71. The molecule has 0 aliphatic heterocycles. The van der Waals surface area contributed by atoms with Crippen LogP contribution < -0.4 is 10.1 Å². The van der Waals surface area contributed by atoms with Crippen molar-refractivity contribution >= 4 is 11.3 Å². The summed E-state index contributed by atoms with van der Waals surface area (Å²) in [6, 6.07) is 8.66. The van der Waals surface area contributed by atoms with Gasteiger partial charge in [0, 0.05) is 18.0 Å². The van der Waals surface area contributed by atoms with Gasteiger partial charge in [-0.1, -0.05) is 12.1 Å². The molecule has 2 aromatic rings. The van der Waals surface area contributed by atoms with Gasteiger partial charge in [-0.2, -0.15) is 0 Å².